The number of β-amino-alcohol motifs (C(OH)–C–C–N with tert-alkyl or cyclic N) is 1. The summed E-state index contributed by atoms with van der Waals surface area (Å²) in [6, 6.07) is 1.58. The first-order chi connectivity index (χ1) is 11.1. The molecule has 1 aliphatic rings. The summed E-state index contributed by atoms with van der Waals surface area (Å²) in [6.45, 7) is 2.55. The Morgan fingerprint density at radius 2 is 2.48 bits per heavy atom. The van der Waals surface area contributed by atoms with Crippen LogP contribution in [0, 0.1) is 0 Å². The van der Waals surface area contributed by atoms with Gasteiger partial charge in [-0.15, -0.1) is 0 Å². The quantitative estimate of drug-likeness (QED) is 0.568. The molecule has 0 aliphatic carbocycles. The molecule has 9 heteroatoms. The van der Waals surface area contributed by atoms with Crippen molar-refractivity contribution in [1.29, 1.82) is 0 Å². The van der Waals surface area contributed by atoms with Gasteiger partial charge in [0, 0.05) is 37.7 Å². The van der Waals surface area contributed by atoms with Gasteiger partial charge in [-0.1, -0.05) is 0 Å². The van der Waals surface area contributed by atoms with E-state index < -0.39 is 5.60 Å². The first-order valence-corrected chi connectivity index (χ1v) is 7.42. The highest BCUT2D eigenvalue weighted by Crippen LogP contribution is 2.14. The number of H-pyrrole nitrogens is 2. The molecule has 23 heavy (non-hydrogen) atoms. The molecule has 0 radical (unpaired) electrons. The number of hydrogen-bond donors (Lipinski definition) is 4. The Balaban J connectivity index is 1.58. The number of carbonyl (C=O) groups is 1. The van der Waals surface area contributed by atoms with Crippen molar-refractivity contribution in [3.05, 3.63) is 36.2 Å². The Kier molecular flexibility index (Phi) is 4.70. The van der Waals surface area contributed by atoms with Crippen molar-refractivity contribution in [1.82, 2.24) is 30.4 Å². The number of aliphatic hydroxyl groups is 1. The molecule has 3 rings (SSSR count). The highest BCUT2D eigenvalue weighted by atomic mass is 16.5. The molecule has 3 heterocycles. The molecule has 0 saturated carbocycles. The second kappa shape index (κ2) is 6.90. The number of carbonyl (C=O) groups excluding carboxylic acids is 1. The van der Waals surface area contributed by atoms with Crippen LogP contribution in [0.15, 0.2) is 24.8 Å². The molecular formula is C14H20N6O3. The number of rotatable bonds is 5. The van der Waals surface area contributed by atoms with E-state index in [0.29, 0.717) is 31.9 Å². The lowest BCUT2D eigenvalue weighted by molar-refractivity contribution is -0.0346. The lowest BCUT2D eigenvalue weighted by Gasteiger charge is -2.30. The summed E-state index contributed by atoms with van der Waals surface area (Å²) in [5.41, 5.74) is 0.180. The Hall–Kier alpha value is -2.23. The van der Waals surface area contributed by atoms with E-state index in [0.717, 1.165) is 5.69 Å². The number of nitrogens with one attached hydrogen (secondary N) is 3. The fraction of sp³-hybridized carbons (Fsp3) is 0.500. The van der Waals surface area contributed by atoms with Gasteiger partial charge in [0.2, 0.25) is 0 Å². The van der Waals surface area contributed by atoms with Crippen LogP contribution in [0.1, 0.15) is 16.2 Å². The van der Waals surface area contributed by atoms with Crippen LogP contribution in [0.2, 0.25) is 0 Å². The summed E-state index contributed by atoms with van der Waals surface area (Å²) in [4.78, 5) is 21.1. The van der Waals surface area contributed by atoms with Crippen molar-refractivity contribution in [2.24, 2.45) is 0 Å². The summed E-state index contributed by atoms with van der Waals surface area (Å²) >= 11 is 0. The fourth-order valence-corrected chi connectivity index (χ4v) is 2.57. The van der Waals surface area contributed by atoms with Gasteiger partial charge in [0.25, 0.3) is 5.91 Å². The van der Waals surface area contributed by atoms with Crippen LogP contribution in [0.3, 0.4) is 0 Å². The van der Waals surface area contributed by atoms with Gasteiger partial charge in [-0.2, -0.15) is 5.10 Å². The molecule has 9 nitrogen and oxygen atoms in total. The molecule has 1 saturated heterocycles. The third kappa shape index (κ3) is 4.15. The van der Waals surface area contributed by atoms with Crippen LogP contribution in [0.5, 0.6) is 0 Å². The number of ether oxygens (including phenoxy) is 1. The van der Waals surface area contributed by atoms with Crippen molar-refractivity contribution < 1.29 is 14.6 Å². The average Bonchev–Trinajstić information content (AvgIpc) is 3.20. The highest BCUT2D eigenvalue weighted by Gasteiger charge is 2.33. The number of amides is 1. The molecule has 1 atom stereocenters. The SMILES string of the molecule is O=C(NC[C@]1(O)COCCN(Cc2cnc[nH]2)C1)c1ccn[nH]1. The lowest BCUT2D eigenvalue weighted by atomic mass is 10.0. The maximum absolute atomic E-state index is 12.0. The van der Waals surface area contributed by atoms with Gasteiger partial charge in [-0.05, 0) is 6.07 Å². The third-order valence-corrected chi connectivity index (χ3v) is 3.71. The third-order valence-electron chi connectivity index (χ3n) is 3.71. The fourth-order valence-electron chi connectivity index (χ4n) is 2.57. The number of aromatic nitrogens is 4. The molecule has 0 aromatic carbocycles. The zero-order valence-electron chi connectivity index (χ0n) is 12.7. The summed E-state index contributed by atoms with van der Waals surface area (Å²) in [7, 11) is 0. The van der Waals surface area contributed by atoms with Gasteiger partial charge in [-0.25, -0.2) is 4.98 Å². The Morgan fingerprint density at radius 1 is 1.57 bits per heavy atom. The largest absolute Gasteiger partial charge is 0.384 e. The van der Waals surface area contributed by atoms with Crippen LogP contribution in [-0.2, 0) is 11.3 Å². The van der Waals surface area contributed by atoms with E-state index in [1.807, 2.05) is 0 Å². The molecule has 1 fully saturated rings. The van der Waals surface area contributed by atoms with Crippen LogP contribution >= 0.6 is 0 Å². The maximum Gasteiger partial charge on any atom is 0.269 e. The number of imidazole rings is 1. The maximum atomic E-state index is 12.0. The standard InChI is InChI=1S/C14H20N6O3/c21-13(12-1-2-18-19-12)16-7-14(22)8-20(3-4-23-9-14)6-11-5-15-10-17-11/h1-2,5,10,22H,3-4,6-9H2,(H,15,17)(H,16,21)(H,18,19)/t14-/m1/s1. The lowest BCUT2D eigenvalue weighted by Crippen LogP contribution is -2.52. The molecule has 2 aromatic heterocycles. The second-order valence-corrected chi connectivity index (χ2v) is 5.72. The van der Waals surface area contributed by atoms with Crippen molar-refractivity contribution in [3.63, 3.8) is 0 Å². The van der Waals surface area contributed by atoms with Crippen LogP contribution in [-0.4, -0.2) is 74.5 Å². The first-order valence-electron chi connectivity index (χ1n) is 7.42. The molecule has 1 aliphatic heterocycles. The van der Waals surface area contributed by atoms with E-state index in [4.69, 9.17) is 4.74 Å². The summed E-state index contributed by atoms with van der Waals surface area (Å²) < 4.78 is 5.49. The van der Waals surface area contributed by atoms with Gasteiger partial charge in [0.15, 0.2) is 0 Å². The minimum Gasteiger partial charge on any atom is -0.384 e. The van der Waals surface area contributed by atoms with Crippen molar-refractivity contribution in [2.75, 3.05) is 32.8 Å². The molecule has 124 valence electrons. The van der Waals surface area contributed by atoms with Gasteiger partial charge in [0.1, 0.15) is 11.3 Å². The monoisotopic (exact) mass is 320 g/mol. The molecule has 0 unspecified atom stereocenters. The highest BCUT2D eigenvalue weighted by molar-refractivity contribution is 5.92. The van der Waals surface area contributed by atoms with Gasteiger partial charge < -0.3 is 20.1 Å². The molecule has 0 bridgehead atoms. The second-order valence-electron chi connectivity index (χ2n) is 5.72. The minimum absolute atomic E-state index is 0.102. The van der Waals surface area contributed by atoms with E-state index in [9.17, 15) is 9.90 Å². The molecule has 2 aromatic rings. The smallest absolute Gasteiger partial charge is 0.269 e. The normalized spacial score (nSPS) is 22.7. The van der Waals surface area contributed by atoms with E-state index in [2.05, 4.69) is 30.4 Å². The van der Waals surface area contributed by atoms with Crippen LogP contribution in [0.25, 0.3) is 0 Å². The molecular weight excluding hydrogens is 300 g/mol. The molecule has 4 N–H and O–H groups in total. The van der Waals surface area contributed by atoms with E-state index >= 15 is 0 Å². The van der Waals surface area contributed by atoms with Gasteiger partial charge >= 0.3 is 0 Å². The number of nitrogens with zero attached hydrogens (tertiary/aromatic N) is 3. The number of hydrogen-bond acceptors (Lipinski definition) is 6. The Labute approximate surface area is 133 Å². The predicted octanol–water partition coefficient (Wildman–Crippen LogP) is -0.874. The Bertz CT molecular complexity index is 615. The molecule has 0 spiro atoms. The van der Waals surface area contributed by atoms with Crippen molar-refractivity contribution in [3.8, 4) is 0 Å². The summed E-state index contributed by atoms with van der Waals surface area (Å²) in [5, 5.41) is 19.8. The average molecular weight is 320 g/mol. The topological polar surface area (TPSA) is 119 Å². The molecule has 1 amide bonds. The van der Waals surface area contributed by atoms with E-state index in [-0.39, 0.29) is 19.1 Å². The van der Waals surface area contributed by atoms with Gasteiger partial charge in [0.05, 0.1) is 26.1 Å². The van der Waals surface area contributed by atoms with Crippen LogP contribution in [0.4, 0.5) is 0 Å². The Morgan fingerprint density at radius 3 is 3.22 bits per heavy atom. The summed E-state index contributed by atoms with van der Waals surface area (Å²) in [6.07, 6.45) is 4.88. The predicted molar refractivity (Wildman–Crippen MR) is 80.6 cm³/mol. The van der Waals surface area contributed by atoms with Gasteiger partial charge in [-0.3, -0.25) is 14.8 Å². The first kappa shape index (κ1) is 15.7. The van der Waals surface area contributed by atoms with Crippen molar-refractivity contribution in [2.45, 2.75) is 12.1 Å². The minimum atomic E-state index is -1.15. The zero-order valence-corrected chi connectivity index (χ0v) is 12.7. The van der Waals surface area contributed by atoms with Crippen LogP contribution < -0.4 is 5.32 Å². The van der Waals surface area contributed by atoms with E-state index in [1.165, 1.54) is 6.20 Å². The summed E-state index contributed by atoms with van der Waals surface area (Å²) in [5.74, 6) is -0.305. The zero-order chi connectivity index (χ0) is 16.1. The number of aromatic amines is 2. The van der Waals surface area contributed by atoms with Crippen molar-refractivity contribution >= 4 is 5.91 Å². The van der Waals surface area contributed by atoms with E-state index in [1.54, 1.807) is 18.6 Å².